The summed E-state index contributed by atoms with van der Waals surface area (Å²) >= 11 is 0. The zero-order valence-corrected chi connectivity index (χ0v) is 21.8. The largest absolute Gasteiger partial charge is 0.504 e. The number of hydrogen-bond acceptors (Lipinski definition) is 8. The van der Waals surface area contributed by atoms with Crippen LogP contribution in [0.4, 0.5) is 22.9 Å². The molecular formula is C31H25N7O2. The van der Waals surface area contributed by atoms with Gasteiger partial charge in [-0.3, -0.25) is 0 Å². The molecule has 2 aromatic heterocycles. The first-order chi connectivity index (χ1) is 19.5. The molecule has 196 valence electrons. The van der Waals surface area contributed by atoms with Crippen molar-refractivity contribution in [2.45, 2.75) is 19.9 Å². The minimum Gasteiger partial charge on any atom is -0.504 e. The Labute approximate surface area is 230 Å². The van der Waals surface area contributed by atoms with Gasteiger partial charge in [0, 0.05) is 17.4 Å². The van der Waals surface area contributed by atoms with Crippen molar-refractivity contribution in [3.63, 3.8) is 0 Å². The number of phenols is 2. The Morgan fingerprint density at radius 1 is 0.825 bits per heavy atom. The molecule has 0 fully saturated rings. The van der Waals surface area contributed by atoms with Gasteiger partial charge >= 0.3 is 0 Å². The number of benzene rings is 3. The average Bonchev–Trinajstić information content (AvgIpc) is 3.30. The molecular weight excluding hydrogens is 502 g/mol. The van der Waals surface area contributed by atoms with Gasteiger partial charge in [0.2, 0.25) is 0 Å². The van der Waals surface area contributed by atoms with Crippen molar-refractivity contribution in [1.29, 1.82) is 0 Å². The lowest BCUT2D eigenvalue weighted by Crippen LogP contribution is -2.46. The number of anilines is 2. The molecule has 9 heteroatoms. The molecule has 7 rings (SSSR count). The van der Waals surface area contributed by atoms with Crippen LogP contribution >= 0.6 is 0 Å². The summed E-state index contributed by atoms with van der Waals surface area (Å²) in [5.41, 5.74) is 6.05. The van der Waals surface area contributed by atoms with E-state index in [4.69, 9.17) is 15.1 Å². The third kappa shape index (κ3) is 3.79. The van der Waals surface area contributed by atoms with E-state index in [2.05, 4.69) is 21.3 Å². The highest BCUT2D eigenvalue weighted by Crippen LogP contribution is 2.49. The van der Waals surface area contributed by atoms with Gasteiger partial charge in [0.25, 0.3) is 0 Å². The number of aromatic hydroxyl groups is 2. The van der Waals surface area contributed by atoms with Gasteiger partial charge < -0.3 is 20.4 Å². The van der Waals surface area contributed by atoms with Crippen molar-refractivity contribution in [1.82, 2.24) is 14.8 Å². The Bertz CT molecular complexity index is 1840. The SMILES string of the molecule is Cc1cccc(NC2=Nc3ccccc3N3C2=Nc2c(c(C)nn2-c2ccccn2)C3c2ccc(O)c(O)c2)c1. The van der Waals surface area contributed by atoms with Crippen LogP contribution in [0, 0.1) is 13.8 Å². The molecule has 4 heterocycles. The molecule has 2 aliphatic rings. The number of rotatable bonds is 3. The second kappa shape index (κ2) is 9.09. The third-order valence-corrected chi connectivity index (χ3v) is 7.10. The van der Waals surface area contributed by atoms with E-state index in [-0.39, 0.29) is 11.5 Å². The molecule has 1 atom stereocenters. The molecule has 0 radical (unpaired) electrons. The molecule has 1 unspecified atom stereocenters. The van der Waals surface area contributed by atoms with Crippen LogP contribution < -0.4 is 10.2 Å². The fourth-order valence-corrected chi connectivity index (χ4v) is 5.32. The molecule has 3 N–H and O–H groups in total. The van der Waals surface area contributed by atoms with Gasteiger partial charge in [-0.1, -0.05) is 36.4 Å². The first-order valence-corrected chi connectivity index (χ1v) is 12.9. The number of amidine groups is 2. The van der Waals surface area contributed by atoms with Crippen molar-refractivity contribution < 1.29 is 10.2 Å². The molecule has 0 bridgehead atoms. The van der Waals surface area contributed by atoms with Crippen molar-refractivity contribution >= 4 is 34.6 Å². The van der Waals surface area contributed by atoms with Crippen LogP contribution in [0.1, 0.15) is 28.4 Å². The van der Waals surface area contributed by atoms with E-state index in [1.807, 2.05) is 80.6 Å². The summed E-state index contributed by atoms with van der Waals surface area (Å²) < 4.78 is 1.74. The maximum absolute atomic E-state index is 10.5. The van der Waals surface area contributed by atoms with Crippen LogP contribution in [-0.2, 0) is 0 Å². The van der Waals surface area contributed by atoms with E-state index in [9.17, 15) is 10.2 Å². The molecule has 0 saturated heterocycles. The number of nitrogens with zero attached hydrogens (tertiary/aromatic N) is 6. The van der Waals surface area contributed by atoms with E-state index in [0.717, 1.165) is 39.4 Å². The van der Waals surface area contributed by atoms with E-state index in [1.165, 1.54) is 6.07 Å². The van der Waals surface area contributed by atoms with Gasteiger partial charge in [0.05, 0.1) is 23.1 Å². The van der Waals surface area contributed by atoms with Crippen molar-refractivity contribution in [3.8, 4) is 17.3 Å². The second-order valence-electron chi connectivity index (χ2n) is 9.82. The molecule has 0 amide bonds. The summed E-state index contributed by atoms with van der Waals surface area (Å²) in [6, 6.07) is 26.1. The summed E-state index contributed by atoms with van der Waals surface area (Å²) in [6.45, 7) is 3.99. The van der Waals surface area contributed by atoms with E-state index in [0.29, 0.717) is 23.3 Å². The van der Waals surface area contributed by atoms with Crippen molar-refractivity contribution in [3.05, 3.63) is 114 Å². The quantitative estimate of drug-likeness (QED) is 0.245. The Kier molecular flexibility index (Phi) is 5.38. The highest BCUT2D eigenvalue weighted by atomic mass is 16.3. The zero-order valence-electron chi connectivity index (χ0n) is 21.8. The van der Waals surface area contributed by atoms with E-state index < -0.39 is 6.04 Å². The Balaban J connectivity index is 1.51. The first-order valence-electron chi connectivity index (χ1n) is 12.9. The summed E-state index contributed by atoms with van der Waals surface area (Å²) in [7, 11) is 0. The first kappa shape index (κ1) is 23.7. The number of para-hydroxylation sites is 2. The average molecular weight is 528 g/mol. The lowest BCUT2D eigenvalue weighted by molar-refractivity contribution is 0.403. The smallest absolute Gasteiger partial charge is 0.179 e. The second-order valence-corrected chi connectivity index (χ2v) is 9.82. The number of hydrogen-bond donors (Lipinski definition) is 3. The van der Waals surface area contributed by atoms with Crippen LogP contribution in [0.3, 0.4) is 0 Å². The molecule has 0 aliphatic carbocycles. The van der Waals surface area contributed by atoms with Gasteiger partial charge in [-0.25, -0.2) is 15.0 Å². The maximum Gasteiger partial charge on any atom is 0.179 e. The van der Waals surface area contributed by atoms with Gasteiger partial charge in [-0.15, -0.1) is 0 Å². The Morgan fingerprint density at radius 3 is 2.48 bits per heavy atom. The summed E-state index contributed by atoms with van der Waals surface area (Å²) in [4.78, 5) is 16.8. The standard InChI is InChI=1S/C31H25N7O2/c1-18-8-7-9-21(16-18)33-29-31-35-30-27(19(2)36-38(30)26-12-5-6-15-32-26)28(20-13-14-24(39)25(40)17-20)37(31)23-11-4-3-10-22(23)34-29/h3-17,28,39-40H,1-2H3,(H,33,34). The normalized spacial score (nSPS) is 15.4. The van der Waals surface area contributed by atoms with Crippen LogP contribution in [0.5, 0.6) is 11.5 Å². The monoisotopic (exact) mass is 527 g/mol. The predicted octanol–water partition coefficient (Wildman–Crippen LogP) is 6.09. The van der Waals surface area contributed by atoms with E-state index in [1.54, 1.807) is 16.9 Å². The number of fused-ring (bicyclic) bond motifs is 4. The number of nitrogens with one attached hydrogen (secondary N) is 1. The van der Waals surface area contributed by atoms with Crippen LogP contribution in [0.25, 0.3) is 5.82 Å². The third-order valence-electron chi connectivity index (χ3n) is 7.10. The van der Waals surface area contributed by atoms with Gasteiger partial charge in [-0.05, 0) is 73.5 Å². The summed E-state index contributed by atoms with van der Waals surface area (Å²) in [6.07, 6.45) is 1.72. The van der Waals surface area contributed by atoms with Crippen LogP contribution in [0.2, 0.25) is 0 Å². The highest BCUT2D eigenvalue weighted by molar-refractivity contribution is 6.51. The fraction of sp³-hybridized carbons (Fsp3) is 0.0968. The molecule has 0 saturated carbocycles. The zero-order chi connectivity index (χ0) is 27.4. The van der Waals surface area contributed by atoms with Gasteiger partial charge in [-0.2, -0.15) is 9.78 Å². The topological polar surface area (TPSA) is 111 Å². The summed E-state index contributed by atoms with van der Waals surface area (Å²) in [5, 5.41) is 29.0. The summed E-state index contributed by atoms with van der Waals surface area (Å²) in [5.74, 6) is 2.06. The lowest BCUT2D eigenvalue weighted by Gasteiger charge is -2.40. The maximum atomic E-state index is 10.5. The minimum atomic E-state index is -0.433. The number of phenolic OH excluding ortho intramolecular Hbond substituents is 2. The number of aromatic nitrogens is 3. The Morgan fingerprint density at radius 2 is 1.68 bits per heavy atom. The van der Waals surface area contributed by atoms with E-state index >= 15 is 0 Å². The highest BCUT2D eigenvalue weighted by Gasteiger charge is 2.41. The van der Waals surface area contributed by atoms with Crippen LogP contribution in [-0.4, -0.2) is 36.6 Å². The Hall–Kier alpha value is -5.44. The predicted molar refractivity (Wildman–Crippen MR) is 156 cm³/mol. The molecule has 0 spiro atoms. The number of aryl methyl sites for hydroxylation is 2. The molecule has 5 aromatic rings. The molecule has 3 aromatic carbocycles. The fourth-order valence-electron chi connectivity index (χ4n) is 5.32. The molecule has 2 aliphatic heterocycles. The van der Waals surface area contributed by atoms with Gasteiger partial charge in [0.1, 0.15) is 0 Å². The van der Waals surface area contributed by atoms with Gasteiger partial charge in [0.15, 0.2) is 34.8 Å². The lowest BCUT2D eigenvalue weighted by atomic mass is 9.93. The molecule has 9 nitrogen and oxygen atoms in total. The molecule has 40 heavy (non-hydrogen) atoms. The minimum absolute atomic E-state index is 0.183. The number of pyridine rings is 1. The van der Waals surface area contributed by atoms with Crippen molar-refractivity contribution in [2.75, 3.05) is 10.2 Å². The number of aliphatic imine (C=N–C) groups is 2. The van der Waals surface area contributed by atoms with Crippen molar-refractivity contribution in [2.24, 2.45) is 9.98 Å². The van der Waals surface area contributed by atoms with Crippen LogP contribution in [0.15, 0.2) is 101 Å².